The van der Waals surface area contributed by atoms with E-state index < -0.39 is 0 Å². The van der Waals surface area contributed by atoms with Crippen molar-refractivity contribution in [2.45, 2.75) is 32.6 Å². The van der Waals surface area contributed by atoms with Crippen LogP contribution in [0.4, 0.5) is 0 Å². The normalized spacial score (nSPS) is 9.62. The molecule has 0 aromatic heterocycles. The van der Waals surface area contributed by atoms with Crippen LogP contribution in [-0.2, 0) is 14.4 Å². The average molecular weight is 188 g/mol. The molecule has 0 saturated carbocycles. The quantitative estimate of drug-likeness (QED) is 0.439. The topological polar surface area (TPSA) is 81.4 Å². The van der Waals surface area contributed by atoms with E-state index in [1.54, 1.807) is 6.92 Å². The van der Waals surface area contributed by atoms with Gasteiger partial charge in [0, 0.05) is 12.8 Å². The fourth-order valence-corrected chi connectivity index (χ4v) is 0.788. The van der Waals surface area contributed by atoms with Crippen LogP contribution in [0.15, 0.2) is 0 Å². The van der Waals surface area contributed by atoms with E-state index in [0.717, 1.165) is 0 Å². The number of unbranched alkanes of at least 4 members (excludes halogenated alkanes) is 1. The maximum absolute atomic E-state index is 10.9. The second-order valence-corrected chi connectivity index (χ2v) is 2.63. The molecule has 5 heteroatoms. The van der Waals surface area contributed by atoms with E-state index in [0.29, 0.717) is 32.3 Å². The van der Waals surface area contributed by atoms with Crippen molar-refractivity contribution in [3.05, 3.63) is 0 Å². The SMILES string of the molecule is CCONC(=O)CCCCC(N)=O. The Morgan fingerprint density at radius 1 is 1.31 bits per heavy atom. The predicted octanol–water partition coefficient (Wildman–Crippen LogP) is 0.0998. The van der Waals surface area contributed by atoms with Gasteiger partial charge in [0.1, 0.15) is 0 Å². The van der Waals surface area contributed by atoms with Crippen molar-refractivity contribution in [3.63, 3.8) is 0 Å². The molecule has 0 unspecified atom stereocenters. The molecule has 0 aromatic carbocycles. The van der Waals surface area contributed by atoms with Crippen LogP contribution in [0.1, 0.15) is 32.6 Å². The monoisotopic (exact) mass is 188 g/mol. The molecule has 2 amide bonds. The van der Waals surface area contributed by atoms with E-state index in [2.05, 4.69) is 10.3 Å². The summed E-state index contributed by atoms with van der Waals surface area (Å²) in [6.45, 7) is 2.24. The van der Waals surface area contributed by atoms with Gasteiger partial charge >= 0.3 is 0 Å². The molecular weight excluding hydrogens is 172 g/mol. The lowest BCUT2D eigenvalue weighted by molar-refractivity contribution is -0.133. The van der Waals surface area contributed by atoms with Crippen LogP contribution in [0, 0.1) is 0 Å². The van der Waals surface area contributed by atoms with E-state index >= 15 is 0 Å². The molecule has 0 heterocycles. The molecular formula is C8H16N2O3. The van der Waals surface area contributed by atoms with Gasteiger partial charge < -0.3 is 5.73 Å². The Morgan fingerprint density at radius 2 is 1.92 bits per heavy atom. The van der Waals surface area contributed by atoms with Crippen molar-refractivity contribution in [1.29, 1.82) is 0 Å². The Bertz CT molecular complexity index is 171. The zero-order valence-corrected chi connectivity index (χ0v) is 7.84. The van der Waals surface area contributed by atoms with Crippen molar-refractivity contribution in [2.75, 3.05) is 6.61 Å². The van der Waals surface area contributed by atoms with Gasteiger partial charge in [-0.15, -0.1) is 0 Å². The second kappa shape index (κ2) is 7.54. The van der Waals surface area contributed by atoms with Gasteiger partial charge in [-0.05, 0) is 19.8 Å². The largest absolute Gasteiger partial charge is 0.370 e. The molecule has 3 N–H and O–H groups in total. The Balaban J connectivity index is 3.22. The van der Waals surface area contributed by atoms with Crippen LogP contribution >= 0.6 is 0 Å². The maximum atomic E-state index is 10.9. The van der Waals surface area contributed by atoms with Crippen LogP contribution in [-0.4, -0.2) is 18.4 Å². The van der Waals surface area contributed by atoms with Gasteiger partial charge in [-0.25, -0.2) is 5.48 Å². The number of hydrogen-bond acceptors (Lipinski definition) is 3. The number of carbonyl (C=O) groups is 2. The van der Waals surface area contributed by atoms with Gasteiger partial charge in [0.2, 0.25) is 11.8 Å². The van der Waals surface area contributed by atoms with Crippen molar-refractivity contribution in [2.24, 2.45) is 5.73 Å². The molecule has 0 bridgehead atoms. The molecule has 76 valence electrons. The van der Waals surface area contributed by atoms with Crippen LogP contribution in [0.5, 0.6) is 0 Å². The Kier molecular flexibility index (Phi) is 6.91. The summed E-state index contributed by atoms with van der Waals surface area (Å²) >= 11 is 0. The first-order valence-corrected chi connectivity index (χ1v) is 4.35. The predicted molar refractivity (Wildman–Crippen MR) is 47.4 cm³/mol. The Morgan fingerprint density at radius 3 is 2.46 bits per heavy atom. The average Bonchev–Trinajstić information content (AvgIpc) is 2.08. The third-order valence-electron chi connectivity index (χ3n) is 1.41. The lowest BCUT2D eigenvalue weighted by Crippen LogP contribution is -2.23. The fraction of sp³-hybridized carbons (Fsp3) is 0.750. The number of hydrogen-bond donors (Lipinski definition) is 2. The fourth-order valence-electron chi connectivity index (χ4n) is 0.788. The number of primary amides is 1. The standard InChI is InChI=1S/C8H16N2O3/c1-2-13-10-8(12)6-4-3-5-7(9)11/h2-6H2,1H3,(H2,9,11)(H,10,12). The van der Waals surface area contributed by atoms with E-state index in [1.807, 2.05) is 0 Å². The number of rotatable bonds is 7. The van der Waals surface area contributed by atoms with Crippen LogP contribution in [0.3, 0.4) is 0 Å². The zero-order valence-electron chi connectivity index (χ0n) is 7.84. The molecule has 0 radical (unpaired) electrons. The van der Waals surface area contributed by atoms with Crippen molar-refractivity contribution >= 4 is 11.8 Å². The number of nitrogens with one attached hydrogen (secondary N) is 1. The first-order chi connectivity index (χ1) is 6.16. The molecule has 0 spiro atoms. The number of nitrogens with two attached hydrogens (primary N) is 1. The van der Waals surface area contributed by atoms with E-state index in [4.69, 9.17) is 5.73 Å². The highest BCUT2D eigenvalue weighted by atomic mass is 16.6. The van der Waals surface area contributed by atoms with Crippen molar-refractivity contribution in [3.8, 4) is 0 Å². The molecule has 0 saturated heterocycles. The van der Waals surface area contributed by atoms with Gasteiger partial charge in [-0.3, -0.25) is 14.4 Å². The highest BCUT2D eigenvalue weighted by Crippen LogP contribution is 1.98. The van der Waals surface area contributed by atoms with E-state index in [1.165, 1.54) is 0 Å². The molecule has 0 aliphatic carbocycles. The van der Waals surface area contributed by atoms with Crippen molar-refractivity contribution < 1.29 is 14.4 Å². The molecule has 0 aliphatic heterocycles. The number of amides is 2. The first kappa shape index (κ1) is 11.9. The summed E-state index contributed by atoms with van der Waals surface area (Å²) < 4.78 is 0. The summed E-state index contributed by atoms with van der Waals surface area (Å²) in [4.78, 5) is 25.9. The number of carbonyl (C=O) groups excluding carboxylic acids is 2. The van der Waals surface area contributed by atoms with Gasteiger partial charge in [0.05, 0.1) is 6.61 Å². The summed E-state index contributed by atoms with van der Waals surface area (Å²) in [5, 5.41) is 0. The molecule has 0 fully saturated rings. The van der Waals surface area contributed by atoms with Crippen LogP contribution in [0.2, 0.25) is 0 Å². The van der Waals surface area contributed by atoms with Gasteiger partial charge in [0.25, 0.3) is 0 Å². The molecule has 0 atom stereocenters. The van der Waals surface area contributed by atoms with E-state index in [-0.39, 0.29) is 11.8 Å². The Labute approximate surface area is 77.6 Å². The smallest absolute Gasteiger partial charge is 0.243 e. The first-order valence-electron chi connectivity index (χ1n) is 4.35. The third-order valence-corrected chi connectivity index (χ3v) is 1.41. The molecule has 5 nitrogen and oxygen atoms in total. The summed E-state index contributed by atoms with van der Waals surface area (Å²) in [7, 11) is 0. The minimum atomic E-state index is -0.329. The summed E-state index contributed by atoms with van der Waals surface area (Å²) in [5.74, 6) is -0.489. The second-order valence-electron chi connectivity index (χ2n) is 2.63. The summed E-state index contributed by atoms with van der Waals surface area (Å²) in [6.07, 6.45) is 2.01. The lowest BCUT2D eigenvalue weighted by Gasteiger charge is -2.02. The third kappa shape index (κ3) is 8.81. The zero-order chi connectivity index (χ0) is 10.1. The highest BCUT2D eigenvalue weighted by molar-refractivity contribution is 5.75. The van der Waals surface area contributed by atoms with Crippen LogP contribution in [0.25, 0.3) is 0 Å². The minimum Gasteiger partial charge on any atom is -0.370 e. The van der Waals surface area contributed by atoms with Crippen LogP contribution < -0.4 is 11.2 Å². The van der Waals surface area contributed by atoms with E-state index in [9.17, 15) is 9.59 Å². The Hall–Kier alpha value is -1.10. The lowest BCUT2D eigenvalue weighted by atomic mass is 10.2. The summed E-state index contributed by atoms with van der Waals surface area (Å²) in [5.41, 5.74) is 7.19. The van der Waals surface area contributed by atoms with Crippen molar-refractivity contribution in [1.82, 2.24) is 5.48 Å². The molecule has 0 aliphatic rings. The molecule has 0 aromatic rings. The summed E-state index contributed by atoms with van der Waals surface area (Å²) in [6, 6.07) is 0. The number of hydroxylamine groups is 1. The highest BCUT2D eigenvalue weighted by Gasteiger charge is 2.00. The maximum Gasteiger partial charge on any atom is 0.243 e. The van der Waals surface area contributed by atoms with Gasteiger partial charge in [0.15, 0.2) is 0 Å². The molecule has 0 rings (SSSR count). The van der Waals surface area contributed by atoms with Gasteiger partial charge in [-0.1, -0.05) is 0 Å². The molecule has 13 heavy (non-hydrogen) atoms. The van der Waals surface area contributed by atoms with Gasteiger partial charge in [-0.2, -0.15) is 0 Å². The minimum absolute atomic E-state index is 0.161.